The third-order valence-corrected chi connectivity index (χ3v) is 3.25. The van der Waals surface area contributed by atoms with Crippen molar-refractivity contribution in [2.45, 2.75) is 31.1 Å². The van der Waals surface area contributed by atoms with Crippen molar-refractivity contribution < 1.29 is 4.92 Å². The van der Waals surface area contributed by atoms with E-state index in [1.165, 1.54) is 18.9 Å². The zero-order valence-corrected chi connectivity index (χ0v) is 9.69. The van der Waals surface area contributed by atoms with Crippen LogP contribution < -0.4 is 0 Å². The largest absolute Gasteiger partial charge is 0.272 e. The molecule has 0 bridgehead atoms. The fourth-order valence-electron chi connectivity index (χ4n) is 1.90. The minimum absolute atomic E-state index is 0.0219. The standard InChI is InChI=1S/C12H14ClNO2/c13-11(7-9-5-6-9)8-10-3-1-2-4-12(10)14(15)16/h1-4,9,11H,5-8H2. The van der Waals surface area contributed by atoms with Crippen molar-refractivity contribution in [3.05, 3.63) is 39.9 Å². The molecule has 1 saturated carbocycles. The normalized spacial score (nSPS) is 17.1. The summed E-state index contributed by atoms with van der Waals surface area (Å²) in [5.41, 5.74) is 0.928. The molecule has 16 heavy (non-hydrogen) atoms. The van der Waals surface area contributed by atoms with Crippen LogP contribution in [0, 0.1) is 16.0 Å². The van der Waals surface area contributed by atoms with Gasteiger partial charge in [-0.1, -0.05) is 31.0 Å². The van der Waals surface area contributed by atoms with Crippen LogP contribution in [-0.4, -0.2) is 10.3 Å². The van der Waals surface area contributed by atoms with E-state index in [-0.39, 0.29) is 16.0 Å². The number of alkyl halides is 1. The molecule has 1 atom stereocenters. The molecule has 1 aromatic carbocycles. The number of nitrogens with zero attached hydrogens (tertiary/aromatic N) is 1. The second kappa shape index (κ2) is 4.83. The van der Waals surface area contributed by atoms with Gasteiger partial charge in [0.05, 0.1) is 4.92 Å². The molecule has 1 aliphatic rings. The highest BCUT2D eigenvalue weighted by Crippen LogP contribution is 2.36. The van der Waals surface area contributed by atoms with Crippen molar-refractivity contribution in [2.75, 3.05) is 0 Å². The van der Waals surface area contributed by atoms with Gasteiger partial charge in [-0.25, -0.2) is 0 Å². The van der Waals surface area contributed by atoms with E-state index in [9.17, 15) is 10.1 Å². The number of hydrogen-bond acceptors (Lipinski definition) is 2. The Morgan fingerprint density at radius 2 is 2.12 bits per heavy atom. The molecule has 0 aromatic heterocycles. The zero-order valence-electron chi connectivity index (χ0n) is 8.93. The topological polar surface area (TPSA) is 43.1 Å². The first-order chi connectivity index (χ1) is 7.66. The van der Waals surface area contributed by atoms with E-state index in [0.29, 0.717) is 6.42 Å². The van der Waals surface area contributed by atoms with E-state index < -0.39 is 0 Å². The number of hydrogen-bond donors (Lipinski definition) is 0. The summed E-state index contributed by atoms with van der Waals surface area (Å²) in [6.07, 6.45) is 4.10. The lowest BCUT2D eigenvalue weighted by molar-refractivity contribution is -0.385. The molecule has 1 fully saturated rings. The molecule has 86 valence electrons. The van der Waals surface area contributed by atoms with Crippen LogP contribution in [0.4, 0.5) is 5.69 Å². The maximum absolute atomic E-state index is 10.8. The zero-order chi connectivity index (χ0) is 11.5. The van der Waals surface area contributed by atoms with E-state index in [1.807, 2.05) is 6.07 Å². The maximum atomic E-state index is 10.8. The summed E-state index contributed by atoms with van der Waals surface area (Å²) in [5, 5.41) is 10.8. The summed E-state index contributed by atoms with van der Waals surface area (Å²) in [4.78, 5) is 10.5. The Kier molecular flexibility index (Phi) is 3.44. The number of nitro groups is 1. The summed E-state index contributed by atoms with van der Waals surface area (Å²) in [7, 11) is 0. The first kappa shape index (κ1) is 11.4. The molecule has 2 rings (SSSR count). The molecule has 0 N–H and O–H groups in total. The molecule has 4 heteroatoms. The lowest BCUT2D eigenvalue weighted by Crippen LogP contribution is -2.06. The monoisotopic (exact) mass is 239 g/mol. The summed E-state index contributed by atoms with van der Waals surface area (Å²) in [5.74, 6) is 0.755. The fourth-order valence-corrected chi connectivity index (χ4v) is 2.32. The summed E-state index contributed by atoms with van der Waals surface area (Å²) >= 11 is 6.20. The fraction of sp³-hybridized carbons (Fsp3) is 0.500. The van der Waals surface area contributed by atoms with Gasteiger partial charge in [-0.2, -0.15) is 0 Å². The van der Waals surface area contributed by atoms with Gasteiger partial charge in [0.25, 0.3) is 5.69 Å². The van der Waals surface area contributed by atoms with Gasteiger partial charge in [-0.3, -0.25) is 10.1 Å². The van der Waals surface area contributed by atoms with Gasteiger partial charge >= 0.3 is 0 Å². The molecule has 1 aliphatic carbocycles. The Balaban J connectivity index is 2.04. The number of rotatable bonds is 5. The lowest BCUT2D eigenvalue weighted by atomic mass is 10.0. The average Bonchev–Trinajstić information content (AvgIpc) is 3.02. The van der Waals surface area contributed by atoms with Gasteiger partial charge in [-0.15, -0.1) is 11.6 Å². The lowest BCUT2D eigenvalue weighted by Gasteiger charge is -2.08. The van der Waals surface area contributed by atoms with Crippen LogP contribution >= 0.6 is 11.6 Å². The van der Waals surface area contributed by atoms with Crippen molar-refractivity contribution in [1.29, 1.82) is 0 Å². The smallest absolute Gasteiger partial charge is 0.258 e. The molecule has 1 unspecified atom stereocenters. The highest BCUT2D eigenvalue weighted by molar-refractivity contribution is 6.20. The number of halogens is 1. The Bertz CT molecular complexity index is 390. The predicted octanol–water partition coefficient (Wildman–Crippen LogP) is 3.54. The van der Waals surface area contributed by atoms with Crippen LogP contribution in [-0.2, 0) is 6.42 Å². The van der Waals surface area contributed by atoms with Crippen LogP contribution in [0.15, 0.2) is 24.3 Å². The van der Waals surface area contributed by atoms with Crippen molar-refractivity contribution in [3.63, 3.8) is 0 Å². The summed E-state index contributed by atoms with van der Waals surface area (Å²) in [6, 6.07) is 6.84. The summed E-state index contributed by atoms with van der Waals surface area (Å²) in [6.45, 7) is 0. The van der Waals surface area contributed by atoms with Crippen LogP contribution in [0.25, 0.3) is 0 Å². The van der Waals surface area contributed by atoms with Gasteiger partial charge in [0.1, 0.15) is 0 Å². The maximum Gasteiger partial charge on any atom is 0.272 e. The quantitative estimate of drug-likeness (QED) is 0.448. The van der Waals surface area contributed by atoms with Crippen LogP contribution in [0.1, 0.15) is 24.8 Å². The molecule has 0 heterocycles. The van der Waals surface area contributed by atoms with Gasteiger partial charge < -0.3 is 0 Å². The van der Waals surface area contributed by atoms with Gasteiger partial charge in [0.15, 0.2) is 0 Å². The summed E-state index contributed by atoms with van der Waals surface area (Å²) < 4.78 is 0. The van der Waals surface area contributed by atoms with Crippen LogP contribution in [0.5, 0.6) is 0 Å². The second-order valence-corrected chi connectivity index (χ2v) is 4.98. The van der Waals surface area contributed by atoms with Crippen LogP contribution in [0.3, 0.4) is 0 Å². The molecule has 1 aromatic rings. The predicted molar refractivity (Wildman–Crippen MR) is 63.8 cm³/mol. The molecule has 0 spiro atoms. The molecular formula is C12H14ClNO2. The van der Waals surface area contributed by atoms with Crippen LogP contribution in [0.2, 0.25) is 0 Å². The molecule has 0 radical (unpaired) electrons. The second-order valence-electron chi connectivity index (χ2n) is 4.37. The molecule has 0 saturated heterocycles. The first-order valence-corrected chi connectivity index (χ1v) is 5.97. The molecule has 3 nitrogen and oxygen atoms in total. The Labute approximate surface area is 99.6 Å². The Morgan fingerprint density at radius 3 is 2.75 bits per heavy atom. The Morgan fingerprint density at radius 1 is 1.44 bits per heavy atom. The van der Waals surface area contributed by atoms with Gasteiger partial charge in [0.2, 0.25) is 0 Å². The molecular weight excluding hydrogens is 226 g/mol. The van der Waals surface area contributed by atoms with Gasteiger partial charge in [0, 0.05) is 17.0 Å². The van der Waals surface area contributed by atoms with Gasteiger partial charge in [-0.05, 0) is 18.8 Å². The highest BCUT2D eigenvalue weighted by atomic mass is 35.5. The first-order valence-electron chi connectivity index (χ1n) is 5.53. The number of benzene rings is 1. The van der Waals surface area contributed by atoms with Crippen molar-refractivity contribution in [3.8, 4) is 0 Å². The van der Waals surface area contributed by atoms with E-state index in [2.05, 4.69) is 0 Å². The average molecular weight is 240 g/mol. The number of nitro benzene ring substituents is 1. The van der Waals surface area contributed by atoms with E-state index in [1.54, 1.807) is 12.1 Å². The molecule has 0 aliphatic heterocycles. The highest BCUT2D eigenvalue weighted by Gasteiger charge is 2.25. The van der Waals surface area contributed by atoms with Crippen molar-refractivity contribution >= 4 is 17.3 Å². The third-order valence-electron chi connectivity index (χ3n) is 2.92. The third kappa shape index (κ3) is 2.95. The van der Waals surface area contributed by atoms with E-state index in [4.69, 9.17) is 11.6 Å². The van der Waals surface area contributed by atoms with E-state index in [0.717, 1.165) is 17.9 Å². The SMILES string of the molecule is O=[N+]([O-])c1ccccc1CC(Cl)CC1CC1. The molecule has 0 amide bonds. The number of para-hydroxylation sites is 1. The van der Waals surface area contributed by atoms with E-state index >= 15 is 0 Å². The van der Waals surface area contributed by atoms with Crippen molar-refractivity contribution in [2.24, 2.45) is 5.92 Å². The van der Waals surface area contributed by atoms with Crippen molar-refractivity contribution in [1.82, 2.24) is 0 Å². The minimum Gasteiger partial charge on any atom is -0.258 e. The Hall–Kier alpha value is -1.09. The minimum atomic E-state index is -0.337.